The normalized spacial score (nSPS) is 19.1. The molecule has 2 aromatic carbocycles. The van der Waals surface area contributed by atoms with E-state index in [1.165, 1.54) is 11.6 Å². The largest absolute Gasteiger partial charge is 0.494 e. The molecule has 2 aromatic rings. The van der Waals surface area contributed by atoms with Crippen molar-refractivity contribution in [2.75, 3.05) is 19.7 Å². The summed E-state index contributed by atoms with van der Waals surface area (Å²) in [6.07, 6.45) is 1.37. The Morgan fingerprint density at radius 3 is 2.59 bits per heavy atom. The maximum Gasteiger partial charge on any atom is 0.410 e. The lowest BCUT2D eigenvalue weighted by atomic mass is 10.1. The monoisotopic (exact) mass is 400 g/mol. The summed E-state index contributed by atoms with van der Waals surface area (Å²) in [4.78, 5) is 14.2. The topological polar surface area (TPSA) is 50.8 Å². The molecular formula is C23H29FN2O3. The first-order valence-corrected chi connectivity index (χ1v) is 10.2. The summed E-state index contributed by atoms with van der Waals surface area (Å²) in [5, 5.41) is 3.27. The molecule has 0 saturated carbocycles. The molecule has 156 valence electrons. The Labute approximate surface area is 171 Å². The van der Waals surface area contributed by atoms with E-state index in [2.05, 4.69) is 17.4 Å². The molecule has 5 nitrogen and oxygen atoms in total. The van der Waals surface area contributed by atoms with Gasteiger partial charge in [-0.05, 0) is 50.5 Å². The lowest BCUT2D eigenvalue weighted by molar-refractivity contribution is 0.0557. The Kier molecular flexibility index (Phi) is 7.47. The molecular weight excluding hydrogens is 371 g/mol. The van der Waals surface area contributed by atoms with Crippen LogP contribution in [-0.4, -0.2) is 42.8 Å². The fourth-order valence-electron chi connectivity index (χ4n) is 3.57. The summed E-state index contributed by atoms with van der Waals surface area (Å²) >= 11 is 0. The number of piperazine rings is 1. The van der Waals surface area contributed by atoms with E-state index < -0.39 is 11.9 Å². The minimum absolute atomic E-state index is 0.0374. The van der Waals surface area contributed by atoms with E-state index in [9.17, 15) is 9.18 Å². The van der Waals surface area contributed by atoms with Crippen LogP contribution < -0.4 is 10.1 Å². The first-order valence-electron chi connectivity index (χ1n) is 10.2. The van der Waals surface area contributed by atoms with Gasteiger partial charge in [0.15, 0.2) is 0 Å². The highest BCUT2D eigenvalue weighted by molar-refractivity contribution is 5.68. The second-order valence-electron chi connectivity index (χ2n) is 7.51. The van der Waals surface area contributed by atoms with Crippen molar-refractivity contribution in [2.24, 2.45) is 0 Å². The number of aryl methyl sites for hydroxylation is 1. The molecule has 2 atom stereocenters. The molecule has 0 spiro atoms. The molecule has 1 saturated heterocycles. The average molecular weight is 400 g/mol. The highest BCUT2D eigenvalue weighted by Crippen LogP contribution is 2.20. The molecule has 0 aromatic heterocycles. The van der Waals surface area contributed by atoms with Crippen molar-refractivity contribution in [3.63, 3.8) is 0 Å². The zero-order chi connectivity index (χ0) is 20.6. The Morgan fingerprint density at radius 1 is 1.14 bits per heavy atom. The first-order chi connectivity index (χ1) is 14.0. The van der Waals surface area contributed by atoms with Crippen LogP contribution >= 0.6 is 0 Å². The number of benzene rings is 2. The van der Waals surface area contributed by atoms with E-state index in [0.29, 0.717) is 17.9 Å². The minimum Gasteiger partial charge on any atom is -0.494 e. The van der Waals surface area contributed by atoms with Gasteiger partial charge in [-0.2, -0.15) is 0 Å². The maximum atomic E-state index is 14.2. The number of rotatable bonds is 7. The number of ether oxygens (including phenoxy) is 2. The molecule has 1 aliphatic heterocycles. The van der Waals surface area contributed by atoms with Crippen LogP contribution in [0.1, 0.15) is 31.4 Å². The van der Waals surface area contributed by atoms with Gasteiger partial charge in [-0.3, -0.25) is 0 Å². The minimum atomic E-state index is -0.417. The van der Waals surface area contributed by atoms with Gasteiger partial charge in [-0.15, -0.1) is 0 Å². The van der Waals surface area contributed by atoms with Gasteiger partial charge in [-0.1, -0.05) is 30.3 Å². The van der Waals surface area contributed by atoms with Gasteiger partial charge in [-0.25, -0.2) is 9.18 Å². The molecule has 0 bridgehead atoms. The quantitative estimate of drug-likeness (QED) is 0.709. The third kappa shape index (κ3) is 5.94. The highest BCUT2D eigenvalue weighted by atomic mass is 19.1. The van der Waals surface area contributed by atoms with E-state index in [0.717, 1.165) is 25.9 Å². The molecule has 1 aliphatic rings. The standard InChI is InChI=1S/C23H29FN2O3/c1-17-14-25-15-18(2)26(17)23(27)29-16-20-13-21(10-11-22(20)24)28-12-6-9-19-7-4-3-5-8-19/h3-5,7-8,10-11,13,17-18,25H,6,9,12,14-16H2,1-2H3/t17-,18+. The van der Waals surface area contributed by atoms with Gasteiger partial charge < -0.3 is 19.7 Å². The molecule has 0 aliphatic carbocycles. The fourth-order valence-corrected chi connectivity index (χ4v) is 3.57. The van der Waals surface area contributed by atoms with Gasteiger partial charge in [0.05, 0.1) is 6.61 Å². The SMILES string of the molecule is C[C@@H]1CNC[C@H](C)N1C(=O)OCc1cc(OCCCc2ccccc2)ccc1F. The van der Waals surface area contributed by atoms with Crippen molar-refractivity contribution < 1.29 is 18.7 Å². The van der Waals surface area contributed by atoms with E-state index in [1.807, 2.05) is 32.0 Å². The van der Waals surface area contributed by atoms with Crippen LogP contribution in [0, 0.1) is 5.82 Å². The van der Waals surface area contributed by atoms with Crippen LogP contribution in [0.15, 0.2) is 48.5 Å². The van der Waals surface area contributed by atoms with Gasteiger partial charge in [0.1, 0.15) is 18.2 Å². The van der Waals surface area contributed by atoms with E-state index in [1.54, 1.807) is 17.0 Å². The lowest BCUT2D eigenvalue weighted by Gasteiger charge is -2.38. The molecule has 1 heterocycles. The fraction of sp³-hybridized carbons (Fsp3) is 0.435. The predicted molar refractivity (Wildman–Crippen MR) is 110 cm³/mol. The molecule has 1 fully saturated rings. The Morgan fingerprint density at radius 2 is 1.86 bits per heavy atom. The van der Waals surface area contributed by atoms with E-state index in [4.69, 9.17) is 9.47 Å². The molecule has 0 radical (unpaired) electrons. The summed E-state index contributed by atoms with van der Waals surface area (Å²) in [7, 11) is 0. The summed E-state index contributed by atoms with van der Waals surface area (Å²) in [6, 6.07) is 14.8. The van der Waals surface area contributed by atoms with Crippen LogP contribution in [0.3, 0.4) is 0 Å². The lowest BCUT2D eigenvalue weighted by Crippen LogP contribution is -2.57. The van der Waals surface area contributed by atoms with Gasteiger partial charge in [0.25, 0.3) is 0 Å². The van der Waals surface area contributed by atoms with Gasteiger partial charge in [0.2, 0.25) is 0 Å². The van der Waals surface area contributed by atoms with Crippen molar-refractivity contribution in [1.29, 1.82) is 0 Å². The summed E-state index contributed by atoms with van der Waals surface area (Å²) in [5.41, 5.74) is 1.58. The zero-order valence-corrected chi connectivity index (χ0v) is 17.1. The third-order valence-electron chi connectivity index (χ3n) is 5.13. The average Bonchev–Trinajstić information content (AvgIpc) is 2.72. The summed E-state index contributed by atoms with van der Waals surface area (Å²) < 4.78 is 25.3. The zero-order valence-electron chi connectivity index (χ0n) is 17.1. The Balaban J connectivity index is 1.50. The van der Waals surface area contributed by atoms with E-state index >= 15 is 0 Å². The smallest absolute Gasteiger partial charge is 0.410 e. The van der Waals surface area contributed by atoms with Gasteiger partial charge in [0, 0.05) is 30.7 Å². The van der Waals surface area contributed by atoms with Crippen LogP contribution in [0.2, 0.25) is 0 Å². The second-order valence-corrected chi connectivity index (χ2v) is 7.51. The molecule has 0 unspecified atom stereocenters. The molecule has 1 N–H and O–H groups in total. The van der Waals surface area contributed by atoms with Crippen LogP contribution in [0.25, 0.3) is 0 Å². The summed E-state index contributed by atoms with van der Waals surface area (Å²) in [6.45, 7) is 5.80. The number of hydrogen-bond donors (Lipinski definition) is 1. The number of carbonyl (C=O) groups is 1. The number of nitrogens with zero attached hydrogens (tertiary/aromatic N) is 1. The molecule has 6 heteroatoms. The van der Waals surface area contributed by atoms with Crippen LogP contribution in [0.4, 0.5) is 9.18 Å². The number of nitrogens with one attached hydrogen (secondary N) is 1. The van der Waals surface area contributed by atoms with Crippen LogP contribution in [-0.2, 0) is 17.8 Å². The third-order valence-corrected chi connectivity index (χ3v) is 5.13. The van der Waals surface area contributed by atoms with Gasteiger partial charge >= 0.3 is 6.09 Å². The Hall–Kier alpha value is -2.60. The highest BCUT2D eigenvalue weighted by Gasteiger charge is 2.30. The van der Waals surface area contributed by atoms with Crippen LogP contribution in [0.5, 0.6) is 5.75 Å². The van der Waals surface area contributed by atoms with Crippen molar-refractivity contribution in [3.8, 4) is 5.75 Å². The van der Waals surface area contributed by atoms with Crippen molar-refractivity contribution >= 4 is 6.09 Å². The number of carbonyl (C=O) groups excluding carboxylic acids is 1. The first kappa shape index (κ1) is 21.1. The molecule has 29 heavy (non-hydrogen) atoms. The van der Waals surface area contributed by atoms with Crippen molar-refractivity contribution in [1.82, 2.24) is 10.2 Å². The number of hydrogen-bond acceptors (Lipinski definition) is 4. The number of amides is 1. The second kappa shape index (κ2) is 10.3. The molecule has 1 amide bonds. The number of halogens is 1. The van der Waals surface area contributed by atoms with Crippen molar-refractivity contribution in [3.05, 3.63) is 65.5 Å². The summed E-state index contributed by atoms with van der Waals surface area (Å²) in [5.74, 6) is 0.172. The predicted octanol–water partition coefficient (Wildman–Crippen LogP) is 4.16. The molecule has 3 rings (SSSR count). The van der Waals surface area contributed by atoms with Crippen molar-refractivity contribution in [2.45, 2.75) is 45.4 Å². The maximum absolute atomic E-state index is 14.2. The van der Waals surface area contributed by atoms with E-state index in [-0.39, 0.29) is 18.7 Å². The Bertz CT molecular complexity index is 790.